The van der Waals surface area contributed by atoms with Gasteiger partial charge in [-0.2, -0.15) is 0 Å². The molecule has 0 aliphatic heterocycles. The number of anilines is 2. The molecule has 1 heterocycles. The van der Waals surface area contributed by atoms with Crippen molar-refractivity contribution in [1.82, 2.24) is 14.7 Å². The predicted octanol–water partition coefficient (Wildman–Crippen LogP) is 5.76. The smallest absolute Gasteiger partial charge is 0.295 e. The van der Waals surface area contributed by atoms with Gasteiger partial charge in [0, 0.05) is 23.2 Å². The summed E-state index contributed by atoms with van der Waals surface area (Å²) in [6, 6.07) is 30.0. The van der Waals surface area contributed by atoms with Crippen molar-refractivity contribution in [2.24, 2.45) is 7.05 Å². The van der Waals surface area contributed by atoms with Crippen molar-refractivity contribution in [3.8, 4) is 5.69 Å². The third-order valence-electron chi connectivity index (χ3n) is 7.01. The summed E-state index contributed by atoms with van der Waals surface area (Å²) in [5.41, 5.74) is 2.54. The van der Waals surface area contributed by atoms with E-state index in [0.717, 1.165) is 4.90 Å². The second-order valence-corrected chi connectivity index (χ2v) is 11.2. The van der Waals surface area contributed by atoms with Crippen LogP contribution in [0.5, 0.6) is 0 Å². The summed E-state index contributed by atoms with van der Waals surface area (Å²) in [4.78, 5) is 52.7. The van der Waals surface area contributed by atoms with Crippen LogP contribution in [0.15, 0.2) is 125 Å². The number of benzene rings is 4. The standard InChI is InChI=1S/C35H30FN5O4S/c1-23-32(35(45)41(40(23)2)28-11-7-4-8-12-28)39-31(42)22-46-29-19-17-27(18-20-29)37-34(44)30(21-24-13-15-26(36)16-14-24)38-33(43)25-9-5-3-6-10-25/h3-21H,22H2,1-2H3,(H,37,44)(H,38,43)(H,39,42)/b30-21-. The second kappa shape index (κ2) is 14.4. The Morgan fingerprint density at radius 3 is 2.11 bits per heavy atom. The highest BCUT2D eigenvalue weighted by Gasteiger charge is 2.19. The number of carbonyl (C=O) groups excluding carboxylic acids is 3. The van der Waals surface area contributed by atoms with Crippen molar-refractivity contribution >= 4 is 46.9 Å². The first-order valence-corrected chi connectivity index (χ1v) is 15.2. The first-order chi connectivity index (χ1) is 22.2. The fourth-order valence-corrected chi connectivity index (χ4v) is 5.24. The Kier molecular flexibility index (Phi) is 9.94. The van der Waals surface area contributed by atoms with E-state index in [9.17, 15) is 23.6 Å². The summed E-state index contributed by atoms with van der Waals surface area (Å²) >= 11 is 1.27. The van der Waals surface area contributed by atoms with E-state index < -0.39 is 17.6 Å². The SMILES string of the molecule is Cc1c(NC(=O)CSc2ccc(NC(=O)/C(=C/c3ccc(F)cc3)NC(=O)c3ccccc3)cc2)c(=O)n(-c2ccccc2)n1C. The third kappa shape index (κ3) is 7.69. The summed E-state index contributed by atoms with van der Waals surface area (Å²) in [6.45, 7) is 1.77. The lowest BCUT2D eigenvalue weighted by molar-refractivity contribution is -0.114. The Balaban J connectivity index is 1.22. The number of para-hydroxylation sites is 1. The zero-order valence-corrected chi connectivity index (χ0v) is 25.8. The van der Waals surface area contributed by atoms with Crippen LogP contribution < -0.4 is 21.5 Å². The first kappa shape index (κ1) is 31.7. The molecule has 0 saturated carbocycles. The Morgan fingerprint density at radius 1 is 0.826 bits per heavy atom. The number of thioether (sulfide) groups is 1. The Bertz CT molecular complexity index is 1950. The molecule has 0 aliphatic rings. The van der Waals surface area contributed by atoms with Crippen LogP contribution in [-0.2, 0) is 16.6 Å². The van der Waals surface area contributed by atoms with Crippen LogP contribution in [0.25, 0.3) is 11.8 Å². The highest BCUT2D eigenvalue weighted by atomic mass is 32.2. The van der Waals surface area contributed by atoms with Crippen molar-refractivity contribution in [1.29, 1.82) is 0 Å². The molecule has 11 heteroatoms. The molecule has 0 unspecified atom stereocenters. The molecule has 0 bridgehead atoms. The van der Waals surface area contributed by atoms with Gasteiger partial charge in [-0.15, -0.1) is 11.8 Å². The first-order valence-electron chi connectivity index (χ1n) is 14.2. The van der Waals surface area contributed by atoms with Crippen LogP contribution in [0, 0.1) is 12.7 Å². The highest BCUT2D eigenvalue weighted by Crippen LogP contribution is 2.22. The highest BCUT2D eigenvalue weighted by molar-refractivity contribution is 8.00. The van der Waals surface area contributed by atoms with Gasteiger partial charge >= 0.3 is 0 Å². The number of hydrogen-bond acceptors (Lipinski definition) is 5. The molecule has 1 aromatic heterocycles. The van der Waals surface area contributed by atoms with Crippen LogP contribution >= 0.6 is 11.8 Å². The van der Waals surface area contributed by atoms with Crippen LogP contribution in [0.2, 0.25) is 0 Å². The van der Waals surface area contributed by atoms with Gasteiger partial charge in [-0.1, -0.05) is 48.5 Å². The van der Waals surface area contributed by atoms with E-state index in [-0.39, 0.29) is 28.6 Å². The number of hydrogen-bond donors (Lipinski definition) is 3. The Hall–Kier alpha value is -5.68. The van der Waals surface area contributed by atoms with E-state index in [2.05, 4.69) is 16.0 Å². The topological polar surface area (TPSA) is 114 Å². The number of rotatable bonds is 10. The number of aromatic nitrogens is 2. The van der Waals surface area contributed by atoms with Crippen LogP contribution in [0.3, 0.4) is 0 Å². The molecule has 0 fully saturated rings. The van der Waals surface area contributed by atoms with Gasteiger partial charge in [0.1, 0.15) is 17.2 Å². The largest absolute Gasteiger partial charge is 0.321 e. The maximum absolute atomic E-state index is 13.4. The zero-order valence-electron chi connectivity index (χ0n) is 25.0. The monoisotopic (exact) mass is 635 g/mol. The average Bonchev–Trinajstić information content (AvgIpc) is 3.28. The third-order valence-corrected chi connectivity index (χ3v) is 8.02. The maximum atomic E-state index is 13.4. The quantitative estimate of drug-likeness (QED) is 0.133. The molecule has 232 valence electrons. The lowest BCUT2D eigenvalue weighted by Crippen LogP contribution is -2.30. The van der Waals surface area contributed by atoms with Gasteiger partial charge < -0.3 is 16.0 Å². The number of halogens is 1. The lowest BCUT2D eigenvalue weighted by atomic mass is 10.1. The molecular weight excluding hydrogens is 605 g/mol. The van der Waals surface area contributed by atoms with Crippen molar-refractivity contribution in [3.05, 3.63) is 148 Å². The fourth-order valence-electron chi connectivity index (χ4n) is 4.54. The Labute approximate surface area is 268 Å². The van der Waals surface area contributed by atoms with Crippen LogP contribution in [-0.4, -0.2) is 32.8 Å². The molecule has 9 nitrogen and oxygen atoms in total. The van der Waals surface area contributed by atoms with Crippen molar-refractivity contribution < 1.29 is 18.8 Å². The summed E-state index contributed by atoms with van der Waals surface area (Å²) in [5, 5.41) is 8.16. The van der Waals surface area contributed by atoms with E-state index in [1.807, 2.05) is 30.3 Å². The van der Waals surface area contributed by atoms with Gasteiger partial charge in [0.2, 0.25) is 5.91 Å². The molecule has 0 atom stereocenters. The number of carbonyl (C=O) groups is 3. The molecule has 0 saturated heterocycles. The van der Waals surface area contributed by atoms with Gasteiger partial charge in [0.25, 0.3) is 17.4 Å². The number of amides is 3. The van der Waals surface area contributed by atoms with Crippen molar-refractivity contribution in [2.45, 2.75) is 11.8 Å². The minimum Gasteiger partial charge on any atom is -0.321 e. The molecule has 0 spiro atoms. The summed E-state index contributed by atoms with van der Waals surface area (Å²) in [7, 11) is 1.76. The molecule has 0 radical (unpaired) electrons. The number of nitrogens with one attached hydrogen (secondary N) is 3. The van der Waals surface area contributed by atoms with E-state index in [4.69, 9.17) is 0 Å². The van der Waals surface area contributed by atoms with Gasteiger partial charge in [-0.3, -0.25) is 23.9 Å². The van der Waals surface area contributed by atoms with Crippen molar-refractivity contribution in [3.63, 3.8) is 0 Å². The average molecular weight is 636 g/mol. The Morgan fingerprint density at radius 2 is 1.46 bits per heavy atom. The fraction of sp³-hybridized carbons (Fsp3) is 0.0857. The minimum absolute atomic E-state index is 0.0295. The summed E-state index contributed by atoms with van der Waals surface area (Å²) < 4.78 is 16.6. The predicted molar refractivity (Wildman–Crippen MR) is 178 cm³/mol. The summed E-state index contributed by atoms with van der Waals surface area (Å²) in [6.07, 6.45) is 1.46. The maximum Gasteiger partial charge on any atom is 0.295 e. The van der Waals surface area contributed by atoms with E-state index in [1.165, 1.54) is 46.8 Å². The zero-order chi connectivity index (χ0) is 32.6. The van der Waals surface area contributed by atoms with Gasteiger partial charge in [-0.05, 0) is 79.2 Å². The van der Waals surface area contributed by atoms with Gasteiger partial charge in [-0.25, -0.2) is 9.07 Å². The molecule has 0 aliphatic carbocycles. The molecule has 3 N–H and O–H groups in total. The molecule has 4 aromatic carbocycles. The van der Waals surface area contributed by atoms with E-state index >= 15 is 0 Å². The summed E-state index contributed by atoms with van der Waals surface area (Å²) in [5.74, 6) is -1.75. The molecule has 3 amide bonds. The van der Waals surface area contributed by atoms with Crippen LogP contribution in [0.4, 0.5) is 15.8 Å². The van der Waals surface area contributed by atoms with E-state index in [0.29, 0.717) is 28.2 Å². The number of nitrogens with zero attached hydrogens (tertiary/aromatic N) is 2. The van der Waals surface area contributed by atoms with E-state index in [1.54, 1.807) is 73.3 Å². The minimum atomic E-state index is -0.576. The molecule has 5 rings (SSSR count). The van der Waals surface area contributed by atoms with Crippen molar-refractivity contribution in [2.75, 3.05) is 16.4 Å². The normalized spacial score (nSPS) is 11.2. The molecular formula is C35H30FN5O4S. The molecule has 5 aromatic rings. The van der Waals surface area contributed by atoms with Gasteiger partial charge in [0.05, 0.1) is 17.1 Å². The van der Waals surface area contributed by atoms with Crippen LogP contribution in [0.1, 0.15) is 21.6 Å². The van der Waals surface area contributed by atoms with Gasteiger partial charge in [0.15, 0.2) is 0 Å². The molecule has 46 heavy (non-hydrogen) atoms. The lowest BCUT2D eigenvalue weighted by Gasteiger charge is -2.12. The second-order valence-electron chi connectivity index (χ2n) is 10.2.